The summed E-state index contributed by atoms with van der Waals surface area (Å²) in [7, 11) is 0. The molecule has 0 saturated carbocycles. The van der Waals surface area contributed by atoms with Crippen LogP contribution in [0.15, 0.2) is 108 Å². The molecule has 0 aliphatic rings. The Balaban J connectivity index is 1.20. The molecule has 42 heavy (non-hydrogen) atoms. The summed E-state index contributed by atoms with van der Waals surface area (Å²) in [5, 5.41) is 24.3. The third-order valence-electron chi connectivity index (χ3n) is 6.75. The van der Waals surface area contributed by atoms with Gasteiger partial charge in [0.1, 0.15) is 17.6 Å². The number of benzene rings is 3. The summed E-state index contributed by atoms with van der Waals surface area (Å²) in [5.74, 6) is 0.617. The highest BCUT2D eigenvalue weighted by Crippen LogP contribution is 2.23. The van der Waals surface area contributed by atoms with E-state index >= 15 is 0 Å². The van der Waals surface area contributed by atoms with E-state index in [0.29, 0.717) is 46.2 Å². The van der Waals surface area contributed by atoms with Crippen molar-refractivity contribution < 1.29 is 28.6 Å². The first-order chi connectivity index (χ1) is 20.4. The number of rotatable bonds is 12. The number of carbonyl (C=O) groups is 2. The van der Waals surface area contributed by atoms with Gasteiger partial charge in [0.15, 0.2) is 18.2 Å². The molecule has 1 atom stereocenters. The Bertz CT molecular complexity index is 1660. The maximum absolute atomic E-state index is 13.1. The zero-order valence-electron chi connectivity index (χ0n) is 22.9. The van der Waals surface area contributed by atoms with Gasteiger partial charge in [-0.2, -0.15) is 4.73 Å². The summed E-state index contributed by atoms with van der Waals surface area (Å²) < 4.78 is 12.3. The average molecular weight is 564 g/mol. The third-order valence-corrected chi connectivity index (χ3v) is 6.75. The smallest absolute Gasteiger partial charge is 0.326 e. The van der Waals surface area contributed by atoms with E-state index < -0.39 is 12.0 Å². The molecule has 212 valence electrons. The van der Waals surface area contributed by atoms with Crippen molar-refractivity contribution in [1.82, 2.24) is 4.98 Å². The molecular formula is C33H29N3O6. The summed E-state index contributed by atoms with van der Waals surface area (Å²) in [6.45, 7) is 2.29. The normalized spacial score (nSPS) is 11.5. The lowest BCUT2D eigenvalue weighted by Gasteiger charge is -2.18. The number of ketones is 1. The van der Waals surface area contributed by atoms with E-state index in [9.17, 15) is 19.9 Å². The van der Waals surface area contributed by atoms with Crippen molar-refractivity contribution in [2.45, 2.75) is 25.8 Å². The summed E-state index contributed by atoms with van der Waals surface area (Å²) in [5.41, 5.74) is 3.58. The molecule has 5 rings (SSSR count). The van der Waals surface area contributed by atoms with Crippen LogP contribution < -0.4 is 14.8 Å². The molecule has 2 N–H and O–H groups in total. The van der Waals surface area contributed by atoms with Gasteiger partial charge in [-0.3, -0.25) is 4.79 Å². The van der Waals surface area contributed by atoms with Gasteiger partial charge in [-0.05, 0) is 48.9 Å². The topological polar surface area (TPSA) is 129 Å². The van der Waals surface area contributed by atoms with E-state index in [1.807, 2.05) is 49.4 Å². The van der Waals surface area contributed by atoms with Gasteiger partial charge in [-0.1, -0.05) is 42.5 Å². The van der Waals surface area contributed by atoms with Gasteiger partial charge in [-0.25, -0.2) is 9.78 Å². The molecular weight excluding hydrogens is 534 g/mol. The molecule has 9 nitrogen and oxygen atoms in total. The van der Waals surface area contributed by atoms with Crippen LogP contribution in [-0.2, 0) is 17.6 Å². The van der Waals surface area contributed by atoms with Crippen LogP contribution in [0.3, 0.4) is 0 Å². The fraction of sp³-hybridized carbons (Fsp3) is 0.152. The van der Waals surface area contributed by atoms with Crippen LogP contribution in [0.2, 0.25) is 0 Å². The first-order valence-corrected chi connectivity index (χ1v) is 13.4. The number of carbonyl (C=O) groups excluding carboxylic acids is 1. The fourth-order valence-electron chi connectivity index (χ4n) is 4.50. The van der Waals surface area contributed by atoms with Crippen LogP contribution in [-0.4, -0.2) is 34.5 Å². The van der Waals surface area contributed by atoms with Crippen LogP contribution in [0, 0.1) is 12.1 Å². The highest BCUT2D eigenvalue weighted by atomic mass is 16.5. The molecule has 0 aliphatic carbocycles. The first-order valence-electron chi connectivity index (χ1n) is 13.4. The minimum absolute atomic E-state index is 0.181. The fourth-order valence-corrected chi connectivity index (χ4v) is 4.50. The molecule has 5 aromatic rings. The lowest BCUT2D eigenvalue weighted by Crippen LogP contribution is -2.32. The number of carboxylic acids is 1. The van der Waals surface area contributed by atoms with Crippen molar-refractivity contribution in [3.05, 3.63) is 137 Å². The standard InChI is InChI=1S/C33H29N3O6/c1-22-28(35-32(42-22)25-7-3-2-4-8-25)17-20-41-26-13-11-23(12-14-26)21-30(33(38)39)34-29-10-6-5-9-27(29)31(37)24-15-18-36(40)19-16-24/h2-16,18-19,30,34H,17,20-21H2,1H3,(H,38,39)/t30-/m0/s1. The SMILES string of the molecule is Cc1oc(-c2ccccc2)nc1CCOc1ccc(C[C@H](Nc2ccccc2C(=O)c2cc[n+]([O-])cc2)C(=O)O)cc1. The van der Waals surface area contributed by atoms with Gasteiger partial charge < -0.3 is 24.8 Å². The molecule has 0 radical (unpaired) electrons. The van der Waals surface area contributed by atoms with E-state index in [0.717, 1.165) is 22.6 Å². The predicted molar refractivity (Wildman–Crippen MR) is 156 cm³/mol. The van der Waals surface area contributed by atoms with Gasteiger partial charge in [0.05, 0.1) is 12.3 Å². The lowest BCUT2D eigenvalue weighted by molar-refractivity contribution is -0.605. The van der Waals surface area contributed by atoms with E-state index in [2.05, 4.69) is 10.3 Å². The van der Waals surface area contributed by atoms with Crippen molar-refractivity contribution in [1.29, 1.82) is 0 Å². The number of oxazole rings is 1. The van der Waals surface area contributed by atoms with Gasteiger partial charge in [0, 0.05) is 47.4 Å². The Morgan fingerprint density at radius 1 is 0.976 bits per heavy atom. The number of anilines is 1. The molecule has 0 unspecified atom stereocenters. The minimum Gasteiger partial charge on any atom is -0.619 e. The number of aromatic nitrogens is 2. The Labute approximate surface area is 242 Å². The van der Waals surface area contributed by atoms with Gasteiger partial charge in [-0.15, -0.1) is 0 Å². The molecule has 0 aliphatic heterocycles. The Kier molecular flexibility index (Phi) is 8.58. The molecule has 9 heteroatoms. The quantitative estimate of drug-likeness (QED) is 0.120. The van der Waals surface area contributed by atoms with Gasteiger partial charge >= 0.3 is 5.97 Å². The molecule has 0 amide bonds. The second-order valence-electron chi connectivity index (χ2n) is 9.69. The van der Waals surface area contributed by atoms with Crippen molar-refractivity contribution in [3.63, 3.8) is 0 Å². The molecule has 2 aromatic heterocycles. The van der Waals surface area contributed by atoms with Crippen molar-refractivity contribution in [2.75, 3.05) is 11.9 Å². The van der Waals surface area contributed by atoms with Crippen molar-refractivity contribution >= 4 is 17.4 Å². The molecule has 2 heterocycles. The van der Waals surface area contributed by atoms with Gasteiger partial charge in [0.2, 0.25) is 5.89 Å². The zero-order valence-corrected chi connectivity index (χ0v) is 22.9. The maximum atomic E-state index is 13.1. The lowest BCUT2D eigenvalue weighted by atomic mass is 10.0. The van der Waals surface area contributed by atoms with Crippen LogP contribution in [0.25, 0.3) is 11.5 Å². The maximum Gasteiger partial charge on any atom is 0.326 e. The number of aryl methyl sites for hydroxylation is 1. The summed E-state index contributed by atoms with van der Waals surface area (Å²) in [6.07, 6.45) is 3.24. The second-order valence-corrected chi connectivity index (χ2v) is 9.69. The minimum atomic E-state index is -1.05. The number of nitrogens with one attached hydrogen (secondary N) is 1. The Hall–Kier alpha value is -5.44. The number of para-hydroxylation sites is 1. The monoisotopic (exact) mass is 563 g/mol. The van der Waals surface area contributed by atoms with Crippen LogP contribution in [0.1, 0.15) is 32.9 Å². The highest BCUT2D eigenvalue weighted by Gasteiger charge is 2.22. The van der Waals surface area contributed by atoms with Crippen LogP contribution in [0.5, 0.6) is 5.75 Å². The number of pyridine rings is 1. The molecule has 0 fully saturated rings. The summed E-state index contributed by atoms with van der Waals surface area (Å²) in [4.78, 5) is 29.8. The van der Waals surface area contributed by atoms with E-state index in [1.54, 1.807) is 36.4 Å². The number of carboxylic acid groups (broad SMARTS) is 1. The number of hydrogen-bond donors (Lipinski definition) is 2. The third kappa shape index (κ3) is 6.82. The largest absolute Gasteiger partial charge is 0.619 e. The number of ether oxygens (including phenoxy) is 1. The number of aliphatic carboxylic acids is 1. The number of hydrogen-bond acceptors (Lipinski definition) is 7. The molecule has 0 bridgehead atoms. The average Bonchev–Trinajstić information content (AvgIpc) is 3.38. The second kappa shape index (κ2) is 12.8. The first kappa shape index (κ1) is 28.1. The summed E-state index contributed by atoms with van der Waals surface area (Å²) >= 11 is 0. The Morgan fingerprint density at radius 2 is 1.67 bits per heavy atom. The summed E-state index contributed by atoms with van der Waals surface area (Å²) in [6, 6.07) is 25.5. The van der Waals surface area contributed by atoms with E-state index in [-0.39, 0.29) is 12.2 Å². The van der Waals surface area contributed by atoms with E-state index in [4.69, 9.17) is 9.15 Å². The number of nitrogens with zero attached hydrogens (tertiary/aromatic N) is 2. The Morgan fingerprint density at radius 3 is 2.38 bits per heavy atom. The van der Waals surface area contributed by atoms with Crippen molar-refractivity contribution in [3.8, 4) is 17.2 Å². The van der Waals surface area contributed by atoms with E-state index in [1.165, 1.54) is 24.5 Å². The molecule has 3 aromatic carbocycles. The van der Waals surface area contributed by atoms with Crippen molar-refractivity contribution in [2.24, 2.45) is 0 Å². The molecule has 0 spiro atoms. The van der Waals surface area contributed by atoms with Crippen LogP contribution >= 0.6 is 0 Å². The van der Waals surface area contributed by atoms with Crippen LogP contribution in [0.4, 0.5) is 5.69 Å². The highest BCUT2D eigenvalue weighted by molar-refractivity contribution is 6.12. The zero-order chi connectivity index (χ0) is 29.5. The van der Waals surface area contributed by atoms with Gasteiger partial charge in [0.25, 0.3) is 0 Å². The molecule has 0 saturated heterocycles. The predicted octanol–water partition coefficient (Wildman–Crippen LogP) is 5.24.